The van der Waals surface area contributed by atoms with E-state index >= 15 is 0 Å². The van der Waals surface area contributed by atoms with Gasteiger partial charge in [0.25, 0.3) is 5.56 Å². The molecule has 7 nitrogen and oxygen atoms in total. The molecule has 2 fully saturated rings. The predicted molar refractivity (Wildman–Crippen MR) is 110 cm³/mol. The van der Waals surface area contributed by atoms with Gasteiger partial charge in [-0.25, -0.2) is 4.98 Å². The van der Waals surface area contributed by atoms with Crippen molar-refractivity contribution in [3.05, 3.63) is 40.9 Å². The summed E-state index contributed by atoms with van der Waals surface area (Å²) in [6.07, 6.45) is 8.68. The molecule has 2 amide bonds. The molecular formula is C22H28N4O3. The number of aromatic nitrogens is 2. The smallest absolute Gasteiger partial charge is 0.261 e. The highest BCUT2D eigenvalue weighted by Gasteiger charge is 2.35. The van der Waals surface area contributed by atoms with Gasteiger partial charge in [0, 0.05) is 25.4 Å². The summed E-state index contributed by atoms with van der Waals surface area (Å²) in [6.45, 7) is 0.287. The molecule has 1 aromatic heterocycles. The molecule has 2 N–H and O–H groups in total. The van der Waals surface area contributed by atoms with Crippen LogP contribution in [0.4, 0.5) is 0 Å². The van der Waals surface area contributed by atoms with Gasteiger partial charge in [0.05, 0.1) is 23.3 Å². The van der Waals surface area contributed by atoms with Crippen molar-refractivity contribution in [1.82, 2.24) is 20.2 Å². The number of nitrogens with one attached hydrogen (secondary N) is 2. The van der Waals surface area contributed by atoms with Gasteiger partial charge in [0.2, 0.25) is 11.8 Å². The van der Waals surface area contributed by atoms with E-state index in [1.807, 2.05) is 12.1 Å². The van der Waals surface area contributed by atoms with Crippen LogP contribution in [0.15, 0.2) is 35.4 Å². The molecule has 0 spiro atoms. The number of nitrogens with zero attached hydrogens (tertiary/aromatic N) is 2. The topological polar surface area (TPSA) is 93.1 Å². The molecular weight excluding hydrogens is 368 g/mol. The van der Waals surface area contributed by atoms with Crippen molar-refractivity contribution >= 4 is 22.7 Å². The van der Waals surface area contributed by atoms with Crippen molar-refractivity contribution in [3.63, 3.8) is 0 Å². The number of piperidine rings is 1. The Morgan fingerprint density at radius 2 is 1.93 bits per heavy atom. The van der Waals surface area contributed by atoms with Crippen LogP contribution >= 0.6 is 0 Å². The first-order valence-electron chi connectivity index (χ1n) is 10.6. The first-order valence-corrected chi connectivity index (χ1v) is 10.6. The Bertz CT molecular complexity index is 948. The van der Waals surface area contributed by atoms with Gasteiger partial charge in [-0.2, -0.15) is 0 Å². The maximum absolute atomic E-state index is 12.6. The van der Waals surface area contributed by atoms with E-state index in [1.165, 1.54) is 30.2 Å². The van der Waals surface area contributed by atoms with Crippen LogP contribution in [0.1, 0.15) is 51.4 Å². The minimum absolute atomic E-state index is 0.0190. The van der Waals surface area contributed by atoms with Crippen LogP contribution in [0, 0.1) is 5.92 Å². The van der Waals surface area contributed by atoms with Crippen LogP contribution in [-0.4, -0.2) is 33.4 Å². The summed E-state index contributed by atoms with van der Waals surface area (Å²) in [5.74, 6) is 0.428. The molecule has 2 aliphatic rings. The van der Waals surface area contributed by atoms with E-state index in [2.05, 4.69) is 15.6 Å². The van der Waals surface area contributed by atoms with Gasteiger partial charge in [0.15, 0.2) is 0 Å². The number of carbonyl (C=O) groups is 2. The Labute approximate surface area is 169 Å². The number of benzene rings is 1. The van der Waals surface area contributed by atoms with Crippen LogP contribution in [0.5, 0.6) is 0 Å². The number of amides is 2. The highest BCUT2D eigenvalue weighted by atomic mass is 16.2. The third-order valence-electron chi connectivity index (χ3n) is 6.26. The largest absolute Gasteiger partial charge is 0.351 e. The molecule has 2 unspecified atom stereocenters. The number of aryl methyl sites for hydroxylation is 1. The number of fused-ring (bicyclic) bond motifs is 1. The molecule has 2 atom stereocenters. The fourth-order valence-electron chi connectivity index (χ4n) is 4.69. The van der Waals surface area contributed by atoms with Gasteiger partial charge in [-0.15, -0.1) is 0 Å². The number of hydrogen-bond acceptors (Lipinski definition) is 4. The fourth-order valence-corrected chi connectivity index (χ4v) is 4.69. The summed E-state index contributed by atoms with van der Waals surface area (Å²) in [5, 5.41) is 6.81. The van der Waals surface area contributed by atoms with Gasteiger partial charge >= 0.3 is 0 Å². The lowest BCUT2D eigenvalue weighted by Gasteiger charge is -2.39. The molecule has 0 radical (unpaired) electrons. The fraction of sp³-hybridized carbons (Fsp3) is 0.545. The van der Waals surface area contributed by atoms with Crippen LogP contribution in [-0.2, 0) is 16.1 Å². The van der Waals surface area contributed by atoms with Crippen molar-refractivity contribution in [2.75, 3.05) is 0 Å². The highest BCUT2D eigenvalue weighted by molar-refractivity contribution is 5.79. The van der Waals surface area contributed by atoms with Gasteiger partial charge in [0.1, 0.15) is 0 Å². The monoisotopic (exact) mass is 396 g/mol. The van der Waals surface area contributed by atoms with Gasteiger partial charge in [-0.1, -0.05) is 31.4 Å². The summed E-state index contributed by atoms with van der Waals surface area (Å²) < 4.78 is 1.49. The zero-order chi connectivity index (χ0) is 20.2. The molecule has 1 saturated carbocycles. The number of carbonyl (C=O) groups excluding carboxylic acids is 2. The molecule has 2 heterocycles. The molecule has 1 aromatic carbocycles. The van der Waals surface area contributed by atoms with E-state index in [9.17, 15) is 14.4 Å². The Balaban J connectivity index is 1.39. The summed E-state index contributed by atoms with van der Waals surface area (Å²) in [5.41, 5.74) is 0.528. The first-order chi connectivity index (χ1) is 14.1. The van der Waals surface area contributed by atoms with E-state index in [4.69, 9.17) is 0 Å². The SMILES string of the molecule is O=C(CCn1cnc2ccccc2c1=O)NC1CCC(=O)NC1C1CCCCC1. The average Bonchev–Trinajstić information content (AvgIpc) is 2.75. The van der Waals surface area contributed by atoms with Crippen molar-refractivity contribution in [2.24, 2.45) is 5.92 Å². The molecule has 1 aliphatic carbocycles. The quantitative estimate of drug-likeness (QED) is 0.810. The van der Waals surface area contributed by atoms with E-state index in [1.54, 1.807) is 12.1 Å². The van der Waals surface area contributed by atoms with Crippen molar-refractivity contribution in [3.8, 4) is 0 Å². The summed E-state index contributed by atoms with van der Waals surface area (Å²) in [6, 6.07) is 7.20. The molecule has 29 heavy (non-hydrogen) atoms. The summed E-state index contributed by atoms with van der Waals surface area (Å²) >= 11 is 0. The molecule has 1 saturated heterocycles. The maximum Gasteiger partial charge on any atom is 0.261 e. The van der Waals surface area contributed by atoms with Crippen molar-refractivity contribution in [2.45, 2.75) is 70.0 Å². The zero-order valence-electron chi connectivity index (χ0n) is 16.6. The Kier molecular flexibility index (Phi) is 5.92. The Morgan fingerprint density at radius 1 is 1.14 bits per heavy atom. The highest BCUT2D eigenvalue weighted by Crippen LogP contribution is 2.30. The second kappa shape index (κ2) is 8.76. The molecule has 0 bridgehead atoms. The summed E-state index contributed by atoms with van der Waals surface area (Å²) in [7, 11) is 0. The van der Waals surface area contributed by atoms with Crippen molar-refractivity contribution < 1.29 is 9.59 Å². The van der Waals surface area contributed by atoms with Crippen LogP contribution in [0.2, 0.25) is 0 Å². The lowest BCUT2D eigenvalue weighted by Crippen LogP contribution is -2.58. The Hall–Kier alpha value is -2.70. The number of rotatable bonds is 5. The zero-order valence-corrected chi connectivity index (χ0v) is 16.6. The molecule has 1 aliphatic heterocycles. The lowest BCUT2D eigenvalue weighted by molar-refractivity contribution is -0.128. The minimum atomic E-state index is -0.131. The second-order valence-corrected chi connectivity index (χ2v) is 8.21. The predicted octanol–water partition coefficient (Wildman–Crippen LogP) is 2.13. The standard InChI is InChI=1S/C22H28N4O3/c27-19-11-10-18(21(25-19)15-6-2-1-3-7-15)24-20(28)12-13-26-14-23-17-9-5-4-8-16(17)22(26)29/h4-5,8-9,14-15,18,21H,1-3,6-7,10-13H2,(H,24,28)(H,25,27). The third kappa shape index (κ3) is 4.49. The van der Waals surface area contributed by atoms with Crippen molar-refractivity contribution in [1.29, 1.82) is 0 Å². The molecule has 4 rings (SSSR count). The molecule has 7 heteroatoms. The van der Waals surface area contributed by atoms with Gasteiger partial charge < -0.3 is 10.6 Å². The molecule has 2 aromatic rings. The summed E-state index contributed by atoms with van der Waals surface area (Å²) in [4.78, 5) is 41.4. The van der Waals surface area contributed by atoms with Gasteiger partial charge in [-0.3, -0.25) is 19.0 Å². The number of para-hydroxylation sites is 1. The lowest BCUT2D eigenvalue weighted by atomic mass is 9.78. The van der Waals surface area contributed by atoms with E-state index in [0.717, 1.165) is 12.8 Å². The third-order valence-corrected chi connectivity index (χ3v) is 6.26. The van der Waals surface area contributed by atoms with E-state index < -0.39 is 0 Å². The first kappa shape index (κ1) is 19.6. The number of hydrogen-bond donors (Lipinski definition) is 2. The van der Waals surface area contributed by atoms with E-state index in [0.29, 0.717) is 29.7 Å². The molecule has 154 valence electrons. The van der Waals surface area contributed by atoms with Crippen LogP contribution in [0.3, 0.4) is 0 Å². The normalized spacial score (nSPS) is 23.0. The second-order valence-electron chi connectivity index (χ2n) is 8.21. The van der Waals surface area contributed by atoms with E-state index in [-0.39, 0.29) is 42.4 Å². The maximum atomic E-state index is 12.6. The van der Waals surface area contributed by atoms with Crippen LogP contribution in [0.25, 0.3) is 10.9 Å². The minimum Gasteiger partial charge on any atom is -0.351 e. The average molecular weight is 396 g/mol. The Morgan fingerprint density at radius 3 is 2.76 bits per heavy atom. The van der Waals surface area contributed by atoms with Crippen LogP contribution < -0.4 is 16.2 Å². The van der Waals surface area contributed by atoms with Gasteiger partial charge in [-0.05, 0) is 37.3 Å².